The van der Waals surface area contributed by atoms with Crippen LogP contribution in [0.3, 0.4) is 0 Å². The zero-order valence-corrected chi connectivity index (χ0v) is 13.9. The summed E-state index contributed by atoms with van der Waals surface area (Å²) in [7, 11) is 2.35. The van der Waals surface area contributed by atoms with Gasteiger partial charge in [-0.25, -0.2) is 0 Å². The second kappa shape index (κ2) is 7.53. The number of nitrogens with zero attached hydrogens (tertiary/aromatic N) is 1. The molecule has 3 heteroatoms. The third-order valence-corrected chi connectivity index (χ3v) is 4.54. The van der Waals surface area contributed by atoms with Crippen molar-refractivity contribution in [1.29, 1.82) is 0 Å². The molecule has 20 heavy (non-hydrogen) atoms. The fourth-order valence-electron chi connectivity index (χ4n) is 2.44. The second-order valence-electron chi connectivity index (χ2n) is 6.23. The van der Waals surface area contributed by atoms with Gasteiger partial charge in [0.05, 0.1) is 26.7 Å². The van der Waals surface area contributed by atoms with Crippen LogP contribution in [0.15, 0.2) is 18.2 Å². The van der Waals surface area contributed by atoms with Gasteiger partial charge in [0.1, 0.15) is 0 Å². The van der Waals surface area contributed by atoms with Crippen molar-refractivity contribution in [3.63, 3.8) is 0 Å². The lowest BCUT2D eigenvalue weighted by Gasteiger charge is -2.32. The summed E-state index contributed by atoms with van der Waals surface area (Å²) in [5.41, 5.74) is 9.03. The molecular formula is C17H32N3+. The van der Waals surface area contributed by atoms with E-state index < -0.39 is 0 Å². The van der Waals surface area contributed by atoms with Crippen molar-refractivity contribution in [1.82, 2.24) is 0 Å². The number of benzene rings is 1. The summed E-state index contributed by atoms with van der Waals surface area (Å²) in [6.45, 7) is 12.6. The lowest BCUT2D eigenvalue weighted by molar-refractivity contribution is -0.906. The molecule has 3 nitrogen and oxygen atoms in total. The molecule has 0 aliphatic carbocycles. The molecule has 0 aromatic heterocycles. The highest BCUT2D eigenvalue weighted by Gasteiger charge is 2.16. The number of nitrogens with one attached hydrogen (secondary N) is 1. The SMILES string of the molecule is CC[N+](C)(CC)CCCC(C)Nc1ccc(N)c(C)c1. The van der Waals surface area contributed by atoms with E-state index in [-0.39, 0.29) is 0 Å². The Labute approximate surface area is 124 Å². The van der Waals surface area contributed by atoms with Gasteiger partial charge in [-0.1, -0.05) is 0 Å². The van der Waals surface area contributed by atoms with Crippen molar-refractivity contribution in [2.45, 2.75) is 46.6 Å². The zero-order valence-electron chi connectivity index (χ0n) is 13.9. The van der Waals surface area contributed by atoms with Gasteiger partial charge in [0, 0.05) is 17.4 Å². The van der Waals surface area contributed by atoms with Gasteiger partial charge in [-0.2, -0.15) is 0 Å². The Morgan fingerprint density at radius 2 is 1.90 bits per heavy atom. The van der Waals surface area contributed by atoms with Crippen molar-refractivity contribution in [3.8, 4) is 0 Å². The van der Waals surface area contributed by atoms with Crippen LogP contribution in [0.4, 0.5) is 11.4 Å². The maximum absolute atomic E-state index is 5.85. The van der Waals surface area contributed by atoms with Gasteiger partial charge in [0.2, 0.25) is 0 Å². The van der Waals surface area contributed by atoms with Gasteiger partial charge in [0.25, 0.3) is 0 Å². The lowest BCUT2D eigenvalue weighted by Crippen LogP contribution is -2.44. The van der Waals surface area contributed by atoms with Gasteiger partial charge < -0.3 is 15.5 Å². The molecule has 0 aliphatic heterocycles. The van der Waals surface area contributed by atoms with E-state index in [9.17, 15) is 0 Å². The molecule has 0 aliphatic rings. The van der Waals surface area contributed by atoms with Crippen molar-refractivity contribution >= 4 is 11.4 Å². The number of anilines is 2. The molecule has 1 unspecified atom stereocenters. The average molecular weight is 278 g/mol. The Kier molecular flexibility index (Phi) is 6.34. The Bertz CT molecular complexity index is 411. The van der Waals surface area contributed by atoms with E-state index in [2.05, 4.69) is 52.2 Å². The molecule has 1 rings (SSSR count). The van der Waals surface area contributed by atoms with E-state index in [4.69, 9.17) is 5.73 Å². The minimum absolute atomic E-state index is 0.500. The predicted octanol–water partition coefficient (Wildman–Crippen LogP) is 3.64. The highest BCUT2D eigenvalue weighted by Crippen LogP contribution is 2.18. The van der Waals surface area contributed by atoms with Gasteiger partial charge >= 0.3 is 0 Å². The molecule has 0 amide bonds. The standard InChI is InChI=1S/C17H32N3/c1-6-20(5,7-2)12-8-9-15(4)19-16-10-11-17(18)14(3)13-16/h10-11,13,15,19H,6-9,12,18H2,1-5H3/q+1. The third kappa shape index (κ3) is 5.04. The Balaban J connectivity index is 2.40. The smallest absolute Gasteiger partial charge is 0.0785 e. The molecule has 1 aromatic rings. The predicted molar refractivity (Wildman–Crippen MR) is 90.0 cm³/mol. The quantitative estimate of drug-likeness (QED) is 0.563. The van der Waals surface area contributed by atoms with Crippen LogP contribution in [0.25, 0.3) is 0 Å². The van der Waals surface area contributed by atoms with Crippen LogP contribution in [0, 0.1) is 6.92 Å². The zero-order chi connectivity index (χ0) is 15.2. The van der Waals surface area contributed by atoms with Crippen LogP contribution in [-0.2, 0) is 0 Å². The van der Waals surface area contributed by atoms with E-state index in [0.717, 1.165) is 11.3 Å². The minimum Gasteiger partial charge on any atom is -0.399 e. The third-order valence-electron chi connectivity index (χ3n) is 4.54. The first kappa shape index (κ1) is 16.8. The number of hydrogen-bond acceptors (Lipinski definition) is 2. The van der Waals surface area contributed by atoms with E-state index in [1.54, 1.807) is 0 Å². The summed E-state index contributed by atoms with van der Waals surface area (Å²) >= 11 is 0. The molecule has 1 atom stereocenters. The van der Waals surface area contributed by atoms with Crippen molar-refractivity contribution in [2.75, 3.05) is 37.7 Å². The fraction of sp³-hybridized carbons (Fsp3) is 0.647. The molecule has 1 aromatic carbocycles. The first-order chi connectivity index (χ1) is 9.40. The Morgan fingerprint density at radius 3 is 2.45 bits per heavy atom. The van der Waals surface area contributed by atoms with E-state index in [0.29, 0.717) is 6.04 Å². The number of rotatable bonds is 8. The number of quaternary nitrogens is 1. The largest absolute Gasteiger partial charge is 0.399 e. The van der Waals surface area contributed by atoms with Crippen LogP contribution in [0.2, 0.25) is 0 Å². The normalized spacial score (nSPS) is 13.2. The molecule has 0 saturated carbocycles. The maximum Gasteiger partial charge on any atom is 0.0785 e. The number of nitrogen functional groups attached to an aromatic ring is 1. The number of hydrogen-bond donors (Lipinski definition) is 2. The van der Waals surface area contributed by atoms with Crippen molar-refractivity contribution in [3.05, 3.63) is 23.8 Å². The van der Waals surface area contributed by atoms with Crippen molar-refractivity contribution < 1.29 is 4.48 Å². The number of aryl methyl sites for hydroxylation is 1. The summed E-state index contributed by atoms with van der Waals surface area (Å²) in [5, 5.41) is 3.57. The Morgan fingerprint density at radius 1 is 1.25 bits per heavy atom. The lowest BCUT2D eigenvalue weighted by atomic mass is 10.1. The summed E-state index contributed by atoms with van der Waals surface area (Å²) < 4.78 is 1.17. The van der Waals surface area contributed by atoms with Crippen molar-refractivity contribution in [2.24, 2.45) is 0 Å². The van der Waals surface area contributed by atoms with E-state index >= 15 is 0 Å². The van der Waals surface area contributed by atoms with Crippen LogP contribution >= 0.6 is 0 Å². The van der Waals surface area contributed by atoms with E-state index in [1.807, 2.05) is 6.07 Å². The van der Waals surface area contributed by atoms with Gasteiger partial charge in [0.15, 0.2) is 0 Å². The Hall–Kier alpha value is -1.22. The highest BCUT2D eigenvalue weighted by molar-refractivity contribution is 5.56. The summed E-state index contributed by atoms with van der Waals surface area (Å²) in [6, 6.07) is 6.67. The monoisotopic (exact) mass is 278 g/mol. The topological polar surface area (TPSA) is 38.0 Å². The summed E-state index contributed by atoms with van der Waals surface area (Å²) in [4.78, 5) is 0. The van der Waals surface area contributed by atoms with Gasteiger partial charge in [-0.3, -0.25) is 0 Å². The molecule has 114 valence electrons. The number of nitrogens with two attached hydrogens (primary N) is 1. The molecule has 0 fully saturated rings. The molecular weight excluding hydrogens is 246 g/mol. The van der Waals surface area contributed by atoms with Gasteiger partial charge in [-0.05, 0) is 64.3 Å². The molecule has 0 radical (unpaired) electrons. The highest BCUT2D eigenvalue weighted by atomic mass is 15.3. The molecule has 0 heterocycles. The molecule has 0 spiro atoms. The van der Waals surface area contributed by atoms with Gasteiger partial charge in [-0.15, -0.1) is 0 Å². The first-order valence-electron chi connectivity index (χ1n) is 7.86. The van der Waals surface area contributed by atoms with Crippen LogP contribution < -0.4 is 11.1 Å². The van der Waals surface area contributed by atoms with Crippen LogP contribution in [0.5, 0.6) is 0 Å². The second-order valence-corrected chi connectivity index (χ2v) is 6.23. The summed E-state index contributed by atoms with van der Waals surface area (Å²) in [5.74, 6) is 0. The first-order valence-corrected chi connectivity index (χ1v) is 7.86. The van der Waals surface area contributed by atoms with E-state index in [1.165, 1.54) is 42.6 Å². The van der Waals surface area contributed by atoms with Crippen LogP contribution in [-0.4, -0.2) is 37.2 Å². The molecule has 3 N–H and O–H groups in total. The average Bonchev–Trinajstić information content (AvgIpc) is 2.42. The molecule has 0 bridgehead atoms. The van der Waals surface area contributed by atoms with Crippen LogP contribution in [0.1, 0.15) is 39.2 Å². The summed E-state index contributed by atoms with van der Waals surface area (Å²) in [6.07, 6.45) is 2.47. The molecule has 0 saturated heterocycles. The fourth-order valence-corrected chi connectivity index (χ4v) is 2.44. The minimum atomic E-state index is 0.500. The maximum atomic E-state index is 5.85.